The molecule has 3 fully saturated rings. The molecule has 0 aliphatic heterocycles. The molecule has 4 rings (SSSR count). The summed E-state index contributed by atoms with van der Waals surface area (Å²) in [5, 5.41) is 23.3. The molecule has 5 heteroatoms. The molecule has 26 heavy (non-hydrogen) atoms. The third-order valence-electron chi connectivity index (χ3n) is 8.30. The van der Waals surface area contributed by atoms with E-state index in [2.05, 4.69) is 25.1 Å². The van der Waals surface area contributed by atoms with Crippen molar-refractivity contribution >= 4 is 11.7 Å². The van der Waals surface area contributed by atoms with E-state index in [1.165, 1.54) is 24.8 Å². The van der Waals surface area contributed by atoms with Gasteiger partial charge in [-0.15, -0.1) is 0 Å². The molecule has 4 aliphatic rings. The van der Waals surface area contributed by atoms with E-state index in [0.29, 0.717) is 11.8 Å². The summed E-state index contributed by atoms with van der Waals surface area (Å²) in [5.74, 6) is 1.11. The largest absolute Gasteiger partial charge is 0.479 e. The Labute approximate surface area is 155 Å². The molecule has 6 atom stereocenters. The molecule has 144 valence electrons. The van der Waals surface area contributed by atoms with Crippen molar-refractivity contribution in [1.29, 1.82) is 0 Å². The number of aliphatic hydroxyl groups excluding tert-OH is 1. The molecular weight excluding hydrogens is 330 g/mol. The van der Waals surface area contributed by atoms with Crippen molar-refractivity contribution in [3.05, 3.63) is 11.6 Å². The topological polar surface area (TPSA) is 79.1 Å². The Balaban J connectivity index is 1.55. The number of carboxylic acids is 1. The van der Waals surface area contributed by atoms with Gasteiger partial charge in [0.2, 0.25) is 6.61 Å². The number of fused-ring (bicyclic) bond motifs is 5. The van der Waals surface area contributed by atoms with Crippen LogP contribution < -0.4 is 0 Å². The van der Waals surface area contributed by atoms with Gasteiger partial charge in [0.05, 0.1) is 11.8 Å². The third kappa shape index (κ3) is 2.70. The molecule has 0 bridgehead atoms. The summed E-state index contributed by atoms with van der Waals surface area (Å²) in [5.41, 5.74) is 2.72. The highest BCUT2D eigenvalue weighted by atomic mass is 16.6. The molecule has 3 saturated carbocycles. The Morgan fingerprint density at radius 3 is 2.77 bits per heavy atom. The summed E-state index contributed by atoms with van der Waals surface area (Å²) in [4.78, 5) is 15.5. The fraction of sp³-hybridized carbons (Fsp3) is 0.810. The van der Waals surface area contributed by atoms with E-state index in [9.17, 15) is 9.90 Å². The number of hydrogen-bond donors (Lipinski definition) is 2. The second-order valence-corrected chi connectivity index (χ2v) is 9.39. The zero-order valence-corrected chi connectivity index (χ0v) is 15.9. The first-order valence-corrected chi connectivity index (χ1v) is 10.1. The zero-order valence-electron chi connectivity index (χ0n) is 15.9. The Morgan fingerprint density at radius 1 is 1.19 bits per heavy atom. The molecule has 0 spiro atoms. The number of allylic oxidation sites excluding steroid dienone is 2. The predicted octanol–water partition coefficient (Wildman–Crippen LogP) is 3.77. The molecular formula is C21H31NO4. The standard InChI is InChI=1S/C21H31NO4/c1-20-9-7-14(22-26-12-19(24)25)11-13(20)3-4-15-16-5-6-18(23)21(16,2)10-8-17(15)20/h11,15-18,23H,3-10,12H2,1-2H3,(H,24,25)/b22-14+/t15-,16+,17-,18+,20+,21+/m1/s1. The van der Waals surface area contributed by atoms with Crippen molar-refractivity contribution in [2.45, 2.75) is 71.3 Å². The fourth-order valence-corrected chi connectivity index (χ4v) is 6.79. The van der Waals surface area contributed by atoms with Gasteiger partial charge in [-0.1, -0.05) is 24.6 Å². The molecule has 2 N–H and O–H groups in total. The highest BCUT2D eigenvalue weighted by Gasteiger charge is 2.58. The van der Waals surface area contributed by atoms with Crippen molar-refractivity contribution in [3.8, 4) is 0 Å². The van der Waals surface area contributed by atoms with Gasteiger partial charge in [0.25, 0.3) is 0 Å². The van der Waals surface area contributed by atoms with Crippen LogP contribution in [0.3, 0.4) is 0 Å². The van der Waals surface area contributed by atoms with Gasteiger partial charge in [-0.3, -0.25) is 0 Å². The lowest BCUT2D eigenvalue weighted by atomic mass is 9.47. The maximum Gasteiger partial charge on any atom is 0.344 e. The number of rotatable bonds is 3. The lowest BCUT2D eigenvalue weighted by Gasteiger charge is -2.57. The second kappa shape index (κ2) is 6.36. The lowest BCUT2D eigenvalue weighted by Crippen LogP contribution is -2.51. The van der Waals surface area contributed by atoms with E-state index in [1.807, 2.05) is 0 Å². The van der Waals surface area contributed by atoms with Crippen LogP contribution in [0.4, 0.5) is 0 Å². The molecule has 0 aromatic heterocycles. The smallest absolute Gasteiger partial charge is 0.344 e. The number of hydrogen-bond acceptors (Lipinski definition) is 4. The molecule has 0 unspecified atom stereocenters. The van der Waals surface area contributed by atoms with Crippen molar-refractivity contribution in [2.75, 3.05) is 6.61 Å². The number of oxime groups is 1. The fourth-order valence-electron chi connectivity index (χ4n) is 6.79. The Kier molecular flexibility index (Phi) is 4.41. The highest BCUT2D eigenvalue weighted by Crippen LogP contribution is 2.65. The van der Waals surface area contributed by atoms with Crippen molar-refractivity contribution in [1.82, 2.24) is 0 Å². The summed E-state index contributed by atoms with van der Waals surface area (Å²) in [6.45, 7) is 4.38. The SMILES string of the molecule is C[C@]12CC[C@@H]3[C@H](CCC4=C/C(=N/OCC(=O)O)CC[C@@]43C)[C@@H]1CC[C@@H]2O. The number of carbonyl (C=O) groups is 1. The molecule has 0 heterocycles. The molecule has 5 nitrogen and oxygen atoms in total. The van der Waals surface area contributed by atoms with E-state index in [1.54, 1.807) is 0 Å². The summed E-state index contributed by atoms with van der Waals surface area (Å²) < 4.78 is 0. The minimum absolute atomic E-state index is 0.116. The normalized spacial score (nSPS) is 46.1. The van der Waals surface area contributed by atoms with Crippen LogP contribution in [0.25, 0.3) is 0 Å². The van der Waals surface area contributed by atoms with Gasteiger partial charge in [0, 0.05) is 0 Å². The summed E-state index contributed by atoms with van der Waals surface area (Å²) in [6, 6.07) is 0. The maximum absolute atomic E-state index is 10.6. The third-order valence-corrected chi connectivity index (χ3v) is 8.30. The van der Waals surface area contributed by atoms with E-state index in [4.69, 9.17) is 9.94 Å². The number of nitrogens with zero attached hydrogens (tertiary/aromatic N) is 1. The van der Waals surface area contributed by atoms with Crippen molar-refractivity contribution in [2.24, 2.45) is 33.7 Å². The highest BCUT2D eigenvalue weighted by molar-refractivity contribution is 5.96. The molecule has 0 saturated heterocycles. The van der Waals surface area contributed by atoms with Crippen LogP contribution in [0.2, 0.25) is 0 Å². The summed E-state index contributed by atoms with van der Waals surface area (Å²) >= 11 is 0. The van der Waals surface area contributed by atoms with Crippen LogP contribution in [0.15, 0.2) is 16.8 Å². The van der Waals surface area contributed by atoms with Gasteiger partial charge >= 0.3 is 5.97 Å². The van der Waals surface area contributed by atoms with Crippen molar-refractivity contribution < 1.29 is 19.8 Å². The first-order chi connectivity index (χ1) is 12.3. The lowest BCUT2D eigenvalue weighted by molar-refractivity contribution is -0.142. The Bertz CT molecular complexity index is 656. The molecule has 0 aromatic carbocycles. The van der Waals surface area contributed by atoms with Crippen molar-refractivity contribution in [3.63, 3.8) is 0 Å². The predicted molar refractivity (Wildman–Crippen MR) is 98.7 cm³/mol. The average Bonchev–Trinajstić information content (AvgIpc) is 2.90. The van der Waals surface area contributed by atoms with Gasteiger partial charge in [-0.25, -0.2) is 4.79 Å². The van der Waals surface area contributed by atoms with Crippen LogP contribution >= 0.6 is 0 Å². The zero-order chi connectivity index (χ0) is 18.5. The quantitative estimate of drug-likeness (QED) is 0.750. The monoisotopic (exact) mass is 361 g/mol. The average molecular weight is 361 g/mol. The van der Waals surface area contributed by atoms with Gasteiger partial charge in [0.1, 0.15) is 0 Å². The Morgan fingerprint density at radius 2 is 2.00 bits per heavy atom. The number of carboxylic acid groups (broad SMARTS) is 1. The minimum Gasteiger partial charge on any atom is -0.479 e. The van der Waals surface area contributed by atoms with Gasteiger partial charge < -0.3 is 15.1 Å². The first kappa shape index (κ1) is 18.0. The number of aliphatic hydroxyl groups is 1. The van der Waals surface area contributed by atoms with E-state index in [-0.39, 0.29) is 23.5 Å². The van der Waals surface area contributed by atoms with Gasteiger partial charge in [-0.05, 0) is 86.0 Å². The van der Waals surface area contributed by atoms with Crippen LogP contribution in [0.1, 0.15) is 65.2 Å². The van der Waals surface area contributed by atoms with Crippen LogP contribution in [0.5, 0.6) is 0 Å². The summed E-state index contributed by atoms with van der Waals surface area (Å²) in [7, 11) is 0. The minimum atomic E-state index is -0.993. The molecule has 0 radical (unpaired) electrons. The van der Waals surface area contributed by atoms with Crippen LogP contribution in [-0.4, -0.2) is 34.6 Å². The molecule has 0 aromatic rings. The van der Waals surface area contributed by atoms with Gasteiger partial charge in [0.15, 0.2) is 0 Å². The number of aliphatic carboxylic acids is 1. The molecule has 0 amide bonds. The molecule has 4 aliphatic carbocycles. The first-order valence-electron chi connectivity index (χ1n) is 10.1. The van der Waals surface area contributed by atoms with Crippen LogP contribution in [-0.2, 0) is 9.63 Å². The van der Waals surface area contributed by atoms with Gasteiger partial charge in [-0.2, -0.15) is 0 Å². The maximum atomic E-state index is 10.6. The summed E-state index contributed by atoms with van der Waals surface area (Å²) in [6.07, 6.45) is 10.8. The van der Waals surface area contributed by atoms with E-state index < -0.39 is 5.97 Å². The van der Waals surface area contributed by atoms with E-state index >= 15 is 0 Å². The second-order valence-electron chi connectivity index (χ2n) is 9.39. The van der Waals surface area contributed by atoms with E-state index in [0.717, 1.165) is 43.7 Å². The van der Waals surface area contributed by atoms with Crippen LogP contribution in [0, 0.1) is 28.6 Å². The Hall–Kier alpha value is -1.36.